The smallest absolute Gasteiger partial charge is 0.150 e. The molecule has 2 N–H and O–H groups in total. The molecule has 1 saturated heterocycles. The molecule has 1 fully saturated rings. The zero-order valence-electron chi connectivity index (χ0n) is 10.5. The standard InChI is InChI=1S/C13H19NO3S/c1-10-3-2-4-12(7-10)17-8-13(14)11-5-6-18(15,16)9-11/h2-4,7,11,13H,5-6,8-9,14H2,1H3. The van der Waals surface area contributed by atoms with Crippen LogP contribution in [0.1, 0.15) is 12.0 Å². The van der Waals surface area contributed by atoms with Crippen LogP contribution in [0, 0.1) is 12.8 Å². The maximum absolute atomic E-state index is 11.4. The van der Waals surface area contributed by atoms with Crippen molar-refractivity contribution in [2.45, 2.75) is 19.4 Å². The predicted molar refractivity (Wildman–Crippen MR) is 71.4 cm³/mol. The maximum atomic E-state index is 11.4. The highest BCUT2D eigenvalue weighted by Crippen LogP contribution is 2.21. The summed E-state index contributed by atoms with van der Waals surface area (Å²) in [4.78, 5) is 0. The maximum Gasteiger partial charge on any atom is 0.150 e. The minimum Gasteiger partial charge on any atom is -0.492 e. The van der Waals surface area contributed by atoms with Gasteiger partial charge in [-0.15, -0.1) is 0 Å². The van der Waals surface area contributed by atoms with Gasteiger partial charge in [-0.3, -0.25) is 0 Å². The van der Waals surface area contributed by atoms with Crippen molar-refractivity contribution in [3.05, 3.63) is 29.8 Å². The lowest BCUT2D eigenvalue weighted by molar-refractivity contribution is 0.254. The van der Waals surface area contributed by atoms with Crippen molar-refractivity contribution in [1.29, 1.82) is 0 Å². The number of hydrogen-bond donors (Lipinski definition) is 1. The van der Waals surface area contributed by atoms with E-state index in [0.717, 1.165) is 11.3 Å². The first-order chi connectivity index (χ1) is 8.46. The van der Waals surface area contributed by atoms with Crippen molar-refractivity contribution >= 4 is 9.84 Å². The minimum atomic E-state index is -2.87. The number of rotatable bonds is 4. The van der Waals surface area contributed by atoms with Crippen LogP contribution in [0.2, 0.25) is 0 Å². The van der Waals surface area contributed by atoms with Crippen molar-refractivity contribution < 1.29 is 13.2 Å². The van der Waals surface area contributed by atoms with E-state index in [0.29, 0.717) is 13.0 Å². The van der Waals surface area contributed by atoms with Crippen LogP contribution >= 0.6 is 0 Å². The summed E-state index contributed by atoms with van der Waals surface area (Å²) in [5, 5.41) is 0. The molecule has 1 heterocycles. The number of benzene rings is 1. The van der Waals surface area contributed by atoms with Crippen molar-refractivity contribution in [2.75, 3.05) is 18.1 Å². The predicted octanol–water partition coefficient (Wildman–Crippen LogP) is 1.14. The van der Waals surface area contributed by atoms with Crippen molar-refractivity contribution in [1.82, 2.24) is 0 Å². The van der Waals surface area contributed by atoms with E-state index in [1.807, 2.05) is 31.2 Å². The molecule has 4 nitrogen and oxygen atoms in total. The Morgan fingerprint density at radius 1 is 1.50 bits per heavy atom. The van der Waals surface area contributed by atoms with Crippen LogP contribution in [0.15, 0.2) is 24.3 Å². The molecular formula is C13H19NO3S. The number of aryl methyl sites for hydroxylation is 1. The molecule has 1 aliphatic rings. The highest BCUT2D eigenvalue weighted by Gasteiger charge is 2.32. The van der Waals surface area contributed by atoms with Crippen molar-refractivity contribution in [2.24, 2.45) is 11.7 Å². The van der Waals surface area contributed by atoms with E-state index >= 15 is 0 Å². The first-order valence-corrected chi connectivity index (χ1v) is 7.94. The quantitative estimate of drug-likeness (QED) is 0.889. The lowest BCUT2D eigenvalue weighted by Crippen LogP contribution is -2.36. The van der Waals surface area contributed by atoms with E-state index in [2.05, 4.69) is 0 Å². The van der Waals surface area contributed by atoms with Gasteiger partial charge in [0.2, 0.25) is 0 Å². The van der Waals surface area contributed by atoms with E-state index in [1.165, 1.54) is 0 Å². The molecule has 0 aromatic heterocycles. The molecule has 0 saturated carbocycles. The Labute approximate surface area is 108 Å². The first kappa shape index (κ1) is 13.4. The monoisotopic (exact) mass is 269 g/mol. The summed E-state index contributed by atoms with van der Waals surface area (Å²) in [6, 6.07) is 7.53. The van der Waals surface area contributed by atoms with Crippen LogP contribution in [-0.4, -0.2) is 32.6 Å². The Hall–Kier alpha value is -1.07. The zero-order chi connectivity index (χ0) is 13.2. The molecule has 0 bridgehead atoms. The fourth-order valence-electron chi connectivity index (χ4n) is 2.20. The van der Waals surface area contributed by atoms with Gasteiger partial charge in [0.1, 0.15) is 12.4 Å². The third-order valence-corrected chi connectivity index (χ3v) is 5.10. The highest BCUT2D eigenvalue weighted by molar-refractivity contribution is 7.91. The topological polar surface area (TPSA) is 69.4 Å². The second-order valence-electron chi connectivity index (χ2n) is 4.95. The number of ether oxygens (including phenoxy) is 1. The molecule has 100 valence electrons. The Morgan fingerprint density at radius 3 is 2.89 bits per heavy atom. The molecule has 0 amide bonds. The van der Waals surface area contributed by atoms with Gasteiger partial charge < -0.3 is 10.5 Å². The first-order valence-electron chi connectivity index (χ1n) is 6.12. The molecule has 1 aromatic rings. The van der Waals surface area contributed by atoms with Crippen LogP contribution in [0.25, 0.3) is 0 Å². The largest absolute Gasteiger partial charge is 0.492 e. The van der Waals surface area contributed by atoms with Gasteiger partial charge in [-0.25, -0.2) is 8.42 Å². The molecule has 1 aliphatic heterocycles. The summed E-state index contributed by atoms with van der Waals surface area (Å²) >= 11 is 0. The normalized spacial score (nSPS) is 23.8. The van der Waals surface area contributed by atoms with Gasteiger partial charge >= 0.3 is 0 Å². The summed E-state index contributed by atoms with van der Waals surface area (Å²) in [7, 11) is -2.87. The molecule has 0 aliphatic carbocycles. The molecule has 0 radical (unpaired) electrons. The van der Waals surface area contributed by atoms with Crippen molar-refractivity contribution in [3.63, 3.8) is 0 Å². The third-order valence-electron chi connectivity index (χ3n) is 3.31. The van der Waals surface area contributed by atoms with Gasteiger partial charge in [0, 0.05) is 6.04 Å². The number of nitrogens with two attached hydrogens (primary N) is 1. The molecular weight excluding hydrogens is 250 g/mol. The van der Waals surface area contributed by atoms with E-state index in [-0.39, 0.29) is 23.5 Å². The molecule has 2 atom stereocenters. The van der Waals surface area contributed by atoms with Gasteiger partial charge in [-0.2, -0.15) is 0 Å². The fourth-order valence-corrected chi connectivity index (χ4v) is 4.09. The molecule has 2 unspecified atom stereocenters. The van der Waals surface area contributed by atoms with Gasteiger partial charge in [0.05, 0.1) is 11.5 Å². The lowest BCUT2D eigenvalue weighted by Gasteiger charge is -2.18. The fraction of sp³-hybridized carbons (Fsp3) is 0.538. The number of sulfone groups is 1. The van der Waals surface area contributed by atoms with Gasteiger partial charge in [-0.05, 0) is 37.0 Å². The average Bonchev–Trinajstić information content (AvgIpc) is 2.67. The SMILES string of the molecule is Cc1cccc(OCC(N)C2CCS(=O)(=O)C2)c1. The molecule has 5 heteroatoms. The third kappa shape index (κ3) is 3.46. The van der Waals surface area contributed by atoms with Crippen LogP contribution in [0.4, 0.5) is 0 Å². The van der Waals surface area contributed by atoms with Crippen LogP contribution in [0.5, 0.6) is 5.75 Å². The van der Waals surface area contributed by atoms with Gasteiger partial charge in [-0.1, -0.05) is 12.1 Å². The summed E-state index contributed by atoms with van der Waals surface area (Å²) < 4.78 is 28.3. The highest BCUT2D eigenvalue weighted by atomic mass is 32.2. The second kappa shape index (κ2) is 5.28. The van der Waals surface area contributed by atoms with E-state index in [4.69, 9.17) is 10.5 Å². The zero-order valence-corrected chi connectivity index (χ0v) is 11.3. The van der Waals surface area contributed by atoms with E-state index in [1.54, 1.807) is 0 Å². The summed E-state index contributed by atoms with van der Waals surface area (Å²) in [6.45, 7) is 2.36. The Morgan fingerprint density at radius 2 is 2.28 bits per heavy atom. The second-order valence-corrected chi connectivity index (χ2v) is 7.18. The average molecular weight is 269 g/mol. The van der Waals surface area contributed by atoms with E-state index < -0.39 is 9.84 Å². The summed E-state index contributed by atoms with van der Waals surface area (Å²) in [5.41, 5.74) is 7.13. The Bertz CT molecular complexity index is 513. The number of hydrogen-bond acceptors (Lipinski definition) is 4. The van der Waals surface area contributed by atoms with Gasteiger partial charge in [0.15, 0.2) is 9.84 Å². The molecule has 18 heavy (non-hydrogen) atoms. The van der Waals surface area contributed by atoms with Crippen LogP contribution < -0.4 is 10.5 Å². The lowest BCUT2D eigenvalue weighted by atomic mass is 10.0. The van der Waals surface area contributed by atoms with Gasteiger partial charge in [0.25, 0.3) is 0 Å². The van der Waals surface area contributed by atoms with Crippen LogP contribution in [0.3, 0.4) is 0 Å². The molecule has 1 aromatic carbocycles. The minimum absolute atomic E-state index is 0.0276. The Balaban J connectivity index is 1.87. The van der Waals surface area contributed by atoms with Crippen LogP contribution in [-0.2, 0) is 9.84 Å². The summed E-state index contributed by atoms with van der Waals surface area (Å²) in [6.07, 6.45) is 0.653. The molecule has 0 spiro atoms. The van der Waals surface area contributed by atoms with E-state index in [9.17, 15) is 8.42 Å². The molecule has 2 rings (SSSR count). The summed E-state index contributed by atoms with van der Waals surface area (Å²) in [5.74, 6) is 1.27. The van der Waals surface area contributed by atoms with Crippen molar-refractivity contribution in [3.8, 4) is 5.75 Å². The Kier molecular flexibility index (Phi) is 3.92.